The molecule has 0 unspecified atom stereocenters. The summed E-state index contributed by atoms with van der Waals surface area (Å²) in [5, 5.41) is 12.0. The molecule has 28 heavy (non-hydrogen) atoms. The molecule has 0 fully saturated rings. The van der Waals surface area contributed by atoms with E-state index < -0.39 is 0 Å². The van der Waals surface area contributed by atoms with Crippen LogP contribution in [-0.4, -0.2) is 4.92 Å². The fraction of sp³-hybridized carbons (Fsp3) is 0. The zero-order chi connectivity index (χ0) is 19.5. The summed E-state index contributed by atoms with van der Waals surface area (Å²) in [6, 6.07) is 30.7. The first kappa shape index (κ1) is 18.0. The molecule has 4 aromatic carbocycles. The van der Waals surface area contributed by atoms with Gasteiger partial charge < -0.3 is 0 Å². The number of nitrogens with zero attached hydrogens (tertiary/aromatic N) is 1. The molecule has 0 N–H and O–H groups in total. The minimum Gasteiger partial charge on any atom is -0.258 e. The average Bonchev–Trinajstić information content (AvgIpc) is 2.74. The Kier molecular flexibility index (Phi) is 4.92. The Hall–Kier alpha value is -3.43. The van der Waals surface area contributed by atoms with Gasteiger partial charge in [0.1, 0.15) is 0 Å². The second-order valence-electron chi connectivity index (χ2n) is 6.41. The molecule has 0 bridgehead atoms. The summed E-state index contributed by atoms with van der Waals surface area (Å²) in [7, 11) is 0. The first-order valence-electron chi connectivity index (χ1n) is 8.83. The molecule has 3 nitrogen and oxygen atoms in total. The molecule has 0 saturated carbocycles. The van der Waals surface area contributed by atoms with Crippen LogP contribution in [0.25, 0.3) is 33.4 Å². The van der Waals surface area contributed by atoms with Crippen molar-refractivity contribution in [2.24, 2.45) is 0 Å². The van der Waals surface area contributed by atoms with Crippen LogP contribution in [0.15, 0.2) is 97.1 Å². The summed E-state index contributed by atoms with van der Waals surface area (Å²) in [5.74, 6) is 0. The van der Waals surface area contributed by atoms with E-state index in [1.165, 1.54) is 6.07 Å². The SMILES string of the molecule is O=[N+]([O-])c1ccc(Cl)cc1-c1ccccc1-c1ccc(-c2ccccc2)cc1. The van der Waals surface area contributed by atoms with Gasteiger partial charge >= 0.3 is 0 Å². The molecule has 0 radical (unpaired) electrons. The Bertz CT molecular complexity index is 1140. The van der Waals surface area contributed by atoms with Crippen LogP contribution in [0.4, 0.5) is 5.69 Å². The van der Waals surface area contributed by atoms with Crippen molar-refractivity contribution in [3.05, 3.63) is 112 Å². The highest BCUT2D eigenvalue weighted by molar-refractivity contribution is 6.31. The van der Waals surface area contributed by atoms with Gasteiger partial charge in [0.05, 0.1) is 10.5 Å². The van der Waals surface area contributed by atoms with E-state index in [9.17, 15) is 10.1 Å². The second-order valence-corrected chi connectivity index (χ2v) is 6.84. The van der Waals surface area contributed by atoms with Crippen LogP contribution in [0.1, 0.15) is 0 Å². The van der Waals surface area contributed by atoms with Gasteiger partial charge in [-0.3, -0.25) is 10.1 Å². The normalized spacial score (nSPS) is 10.6. The molecule has 0 spiro atoms. The van der Waals surface area contributed by atoms with Crippen molar-refractivity contribution in [2.45, 2.75) is 0 Å². The molecule has 136 valence electrons. The average molecular weight is 386 g/mol. The van der Waals surface area contributed by atoms with Gasteiger partial charge in [-0.2, -0.15) is 0 Å². The maximum absolute atomic E-state index is 11.5. The van der Waals surface area contributed by atoms with Crippen molar-refractivity contribution in [1.82, 2.24) is 0 Å². The van der Waals surface area contributed by atoms with Gasteiger partial charge in [-0.25, -0.2) is 0 Å². The first-order chi connectivity index (χ1) is 13.6. The third-order valence-corrected chi connectivity index (χ3v) is 4.91. The lowest BCUT2D eigenvalue weighted by Crippen LogP contribution is -1.93. The number of hydrogen-bond acceptors (Lipinski definition) is 2. The number of hydrogen-bond donors (Lipinski definition) is 0. The molecule has 0 heterocycles. The molecular weight excluding hydrogens is 370 g/mol. The van der Waals surface area contributed by atoms with E-state index in [2.05, 4.69) is 24.3 Å². The molecule has 0 atom stereocenters. The third-order valence-electron chi connectivity index (χ3n) is 4.68. The summed E-state index contributed by atoms with van der Waals surface area (Å²) in [6.45, 7) is 0. The predicted molar refractivity (Wildman–Crippen MR) is 114 cm³/mol. The van der Waals surface area contributed by atoms with Gasteiger partial charge in [0.2, 0.25) is 0 Å². The van der Waals surface area contributed by atoms with Gasteiger partial charge in [0.25, 0.3) is 5.69 Å². The van der Waals surface area contributed by atoms with Crippen LogP contribution in [0.2, 0.25) is 5.02 Å². The lowest BCUT2D eigenvalue weighted by atomic mass is 9.92. The fourth-order valence-electron chi connectivity index (χ4n) is 3.33. The molecule has 0 aliphatic carbocycles. The van der Waals surface area contributed by atoms with E-state index in [4.69, 9.17) is 11.6 Å². The monoisotopic (exact) mass is 385 g/mol. The standard InChI is InChI=1S/C24H16ClNO2/c25-20-14-15-24(26(27)28)23(16-20)22-9-5-4-8-21(22)19-12-10-18(11-13-19)17-6-2-1-3-7-17/h1-16H. The molecule has 0 amide bonds. The highest BCUT2D eigenvalue weighted by Crippen LogP contribution is 2.38. The van der Waals surface area contributed by atoms with E-state index in [1.54, 1.807) is 12.1 Å². The van der Waals surface area contributed by atoms with E-state index in [0.717, 1.165) is 27.8 Å². The predicted octanol–water partition coefficient (Wildman–Crippen LogP) is 7.25. The van der Waals surface area contributed by atoms with Crippen molar-refractivity contribution in [2.75, 3.05) is 0 Å². The summed E-state index contributed by atoms with van der Waals surface area (Å²) in [5.41, 5.74) is 5.52. The minimum atomic E-state index is -0.374. The Labute approximate surface area is 168 Å². The van der Waals surface area contributed by atoms with E-state index in [1.807, 2.05) is 54.6 Å². The highest BCUT2D eigenvalue weighted by atomic mass is 35.5. The Balaban J connectivity index is 1.82. The van der Waals surface area contributed by atoms with Crippen molar-refractivity contribution in [3.63, 3.8) is 0 Å². The lowest BCUT2D eigenvalue weighted by molar-refractivity contribution is -0.384. The summed E-state index contributed by atoms with van der Waals surface area (Å²) >= 11 is 6.14. The molecular formula is C24H16ClNO2. The van der Waals surface area contributed by atoms with Gasteiger partial charge in [-0.05, 0) is 39.9 Å². The van der Waals surface area contributed by atoms with Crippen LogP contribution >= 0.6 is 11.6 Å². The Morgan fingerprint density at radius 2 is 1.18 bits per heavy atom. The van der Waals surface area contributed by atoms with Gasteiger partial charge in [0.15, 0.2) is 0 Å². The smallest absolute Gasteiger partial charge is 0.258 e. The Morgan fingerprint density at radius 1 is 0.607 bits per heavy atom. The topological polar surface area (TPSA) is 43.1 Å². The van der Waals surface area contributed by atoms with E-state index in [-0.39, 0.29) is 10.6 Å². The summed E-state index contributed by atoms with van der Waals surface area (Å²) in [4.78, 5) is 11.1. The zero-order valence-corrected chi connectivity index (χ0v) is 15.6. The molecule has 0 aromatic heterocycles. The lowest BCUT2D eigenvalue weighted by Gasteiger charge is -2.12. The van der Waals surface area contributed by atoms with E-state index in [0.29, 0.717) is 10.6 Å². The fourth-order valence-corrected chi connectivity index (χ4v) is 3.50. The zero-order valence-electron chi connectivity index (χ0n) is 14.9. The van der Waals surface area contributed by atoms with Crippen LogP contribution in [0.3, 0.4) is 0 Å². The molecule has 0 saturated heterocycles. The Morgan fingerprint density at radius 3 is 1.86 bits per heavy atom. The minimum absolute atomic E-state index is 0.0396. The second kappa shape index (κ2) is 7.67. The quantitative estimate of drug-likeness (QED) is 0.274. The summed E-state index contributed by atoms with van der Waals surface area (Å²) in [6.07, 6.45) is 0. The summed E-state index contributed by atoms with van der Waals surface area (Å²) < 4.78 is 0. The van der Waals surface area contributed by atoms with Crippen LogP contribution in [-0.2, 0) is 0 Å². The maximum Gasteiger partial charge on any atom is 0.277 e. The number of halogens is 1. The number of nitro groups is 1. The first-order valence-corrected chi connectivity index (χ1v) is 9.20. The maximum atomic E-state index is 11.5. The van der Waals surface area contributed by atoms with Crippen molar-refractivity contribution in [1.29, 1.82) is 0 Å². The highest BCUT2D eigenvalue weighted by Gasteiger charge is 2.18. The number of nitro benzene ring substituents is 1. The van der Waals surface area contributed by atoms with Crippen LogP contribution in [0.5, 0.6) is 0 Å². The molecule has 4 rings (SSSR count). The molecule has 0 aliphatic rings. The molecule has 4 aromatic rings. The number of rotatable bonds is 4. The number of benzene rings is 4. The van der Waals surface area contributed by atoms with Gasteiger partial charge in [0, 0.05) is 11.1 Å². The van der Waals surface area contributed by atoms with Crippen molar-refractivity contribution < 1.29 is 4.92 Å². The van der Waals surface area contributed by atoms with E-state index >= 15 is 0 Å². The van der Waals surface area contributed by atoms with Gasteiger partial charge in [-0.15, -0.1) is 0 Å². The van der Waals surface area contributed by atoms with Crippen LogP contribution in [0, 0.1) is 10.1 Å². The van der Waals surface area contributed by atoms with Gasteiger partial charge in [-0.1, -0.05) is 90.5 Å². The van der Waals surface area contributed by atoms with Crippen LogP contribution < -0.4 is 0 Å². The largest absolute Gasteiger partial charge is 0.277 e. The van der Waals surface area contributed by atoms with Crippen molar-refractivity contribution >= 4 is 17.3 Å². The molecule has 4 heteroatoms. The molecule has 0 aliphatic heterocycles. The third kappa shape index (κ3) is 3.53. The van der Waals surface area contributed by atoms with Crippen molar-refractivity contribution in [3.8, 4) is 33.4 Å².